The first-order valence-corrected chi connectivity index (χ1v) is 12.2. The lowest BCUT2D eigenvalue weighted by atomic mass is 10.1. The second kappa shape index (κ2) is 8.69. The first-order chi connectivity index (χ1) is 15.6. The molecule has 8 nitrogen and oxygen atoms in total. The van der Waals surface area contributed by atoms with Crippen LogP contribution in [0.4, 0.5) is 21.5 Å². The molecule has 5 rings (SSSR count). The third-order valence-corrected chi connectivity index (χ3v) is 7.78. The molecule has 0 saturated heterocycles. The highest BCUT2D eigenvalue weighted by Crippen LogP contribution is 2.43. The number of hydrazone groups is 1. The van der Waals surface area contributed by atoms with Crippen LogP contribution in [0.1, 0.15) is 27.9 Å². The summed E-state index contributed by atoms with van der Waals surface area (Å²) in [6.07, 6.45) is 0.819. The molecular weight excluding hydrogens is 464 g/mol. The highest BCUT2D eigenvalue weighted by molar-refractivity contribution is 7.19. The minimum Gasteiger partial charge on any atom is -0.258 e. The van der Waals surface area contributed by atoms with Crippen LogP contribution >= 0.6 is 34.0 Å². The number of anilines is 1. The van der Waals surface area contributed by atoms with Crippen LogP contribution in [0.5, 0.6) is 0 Å². The molecule has 1 atom stereocenters. The van der Waals surface area contributed by atoms with Crippen LogP contribution in [0.15, 0.2) is 74.6 Å². The Balaban J connectivity index is 1.43. The highest BCUT2D eigenvalue weighted by Gasteiger charge is 2.33. The summed E-state index contributed by atoms with van der Waals surface area (Å²) >= 11 is 4.83. The largest absolute Gasteiger partial charge is 0.269 e. The molecule has 11 heteroatoms. The molecule has 0 fully saturated rings. The molecule has 0 radical (unpaired) electrons. The average molecular weight is 481 g/mol. The predicted octanol–water partition coefficient (Wildman–Crippen LogP) is 7.25. The lowest BCUT2D eigenvalue weighted by Crippen LogP contribution is -2.17. The molecule has 1 aromatic carbocycles. The maximum Gasteiger partial charge on any atom is 0.269 e. The van der Waals surface area contributed by atoms with Crippen molar-refractivity contribution >= 4 is 61.2 Å². The zero-order chi connectivity index (χ0) is 22.1. The number of nitro groups is 1. The Morgan fingerprint density at radius 3 is 2.56 bits per heavy atom. The van der Waals surface area contributed by atoms with E-state index in [0.29, 0.717) is 10.7 Å². The van der Waals surface area contributed by atoms with Gasteiger partial charge in [-0.2, -0.15) is 5.10 Å². The van der Waals surface area contributed by atoms with Crippen molar-refractivity contribution in [3.05, 3.63) is 84.9 Å². The Hall–Kier alpha value is -3.28. The van der Waals surface area contributed by atoms with Crippen LogP contribution in [-0.4, -0.2) is 15.6 Å². The molecule has 32 heavy (non-hydrogen) atoms. The fourth-order valence-corrected chi connectivity index (χ4v) is 5.72. The van der Waals surface area contributed by atoms with E-state index in [1.807, 2.05) is 18.0 Å². The number of non-ortho nitro benzene ring substituents is 1. The lowest BCUT2D eigenvalue weighted by Gasteiger charge is -2.19. The van der Waals surface area contributed by atoms with Gasteiger partial charge in [0.05, 0.1) is 32.9 Å². The summed E-state index contributed by atoms with van der Waals surface area (Å²) in [7, 11) is 0. The van der Waals surface area contributed by atoms with Crippen LogP contribution < -0.4 is 5.01 Å². The average Bonchev–Trinajstić information content (AvgIpc) is 3.59. The van der Waals surface area contributed by atoms with Gasteiger partial charge in [0.2, 0.25) is 5.13 Å². The number of thiazole rings is 1. The lowest BCUT2D eigenvalue weighted by molar-refractivity contribution is -0.384. The fourth-order valence-electron chi connectivity index (χ4n) is 3.29. The minimum absolute atomic E-state index is 0.0215. The Bertz CT molecular complexity index is 1290. The number of aryl methyl sites for hydroxylation is 1. The number of thiophene rings is 2. The standard InChI is InChI=1S/C21H16N6O2S3/c1-13-20(24-23-14-6-8-15(9-7-14)27(28)29)32-21(22-13)26-17(19-5-3-11-31-19)12-16(25-26)18-4-2-10-30-18/h2-11,17H,12H2,1H3. The van der Waals surface area contributed by atoms with Gasteiger partial charge in [-0.05, 0) is 41.9 Å². The topological polar surface area (TPSA) is 96.3 Å². The molecule has 1 unspecified atom stereocenters. The number of nitrogens with zero attached hydrogens (tertiary/aromatic N) is 6. The van der Waals surface area contributed by atoms with Crippen molar-refractivity contribution in [2.75, 3.05) is 5.01 Å². The predicted molar refractivity (Wildman–Crippen MR) is 129 cm³/mol. The van der Waals surface area contributed by atoms with Gasteiger partial charge in [-0.1, -0.05) is 23.5 Å². The summed E-state index contributed by atoms with van der Waals surface area (Å²) < 4.78 is 0. The van der Waals surface area contributed by atoms with Crippen LogP contribution in [0.25, 0.3) is 0 Å². The number of hydrogen-bond donors (Lipinski definition) is 0. The van der Waals surface area contributed by atoms with E-state index in [1.54, 1.807) is 34.8 Å². The van der Waals surface area contributed by atoms with Gasteiger partial charge in [0, 0.05) is 23.4 Å². The molecule has 4 aromatic rings. The van der Waals surface area contributed by atoms with Gasteiger partial charge in [-0.3, -0.25) is 10.1 Å². The molecule has 1 aliphatic heterocycles. The van der Waals surface area contributed by atoms with Crippen LogP contribution in [0, 0.1) is 17.0 Å². The van der Waals surface area contributed by atoms with Gasteiger partial charge in [-0.25, -0.2) is 9.99 Å². The Morgan fingerprint density at radius 1 is 1.09 bits per heavy atom. The molecule has 0 amide bonds. The van der Waals surface area contributed by atoms with Crippen molar-refractivity contribution < 1.29 is 4.92 Å². The summed E-state index contributed by atoms with van der Waals surface area (Å²) in [5.74, 6) is 0. The maximum absolute atomic E-state index is 10.8. The minimum atomic E-state index is -0.439. The van der Waals surface area contributed by atoms with Crippen molar-refractivity contribution in [2.24, 2.45) is 15.3 Å². The summed E-state index contributed by atoms with van der Waals surface area (Å²) in [6.45, 7) is 1.89. The quantitative estimate of drug-likeness (QED) is 0.165. The number of rotatable bonds is 6. The zero-order valence-corrected chi connectivity index (χ0v) is 19.2. The SMILES string of the molecule is Cc1nc(N2N=C(c3cccs3)CC2c2cccs2)sc1N=Nc1ccc([N+](=O)[O-])cc1. The van der Waals surface area contributed by atoms with Gasteiger partial charge in [0.15, 0.2) is 5.00 Å². The monoisotopic (exact) mass is 480 g/mol. The van der Waals surface area contributed by atoms with E-state index < -0.39 is 4.92 Å². The summed E-state index contributed by atoms with van der Waals surface area (Å²) in [4.78, 5) is 17.5. The van der Waals surface area contributed by atoms with Crippen molar-refractivity contribution in [2.45, 2.75) is 19.4 Å². The van der Waals surface area contributed by atoms with Crippen molar-refractivity contribution in [3.8, 4) is 0 Å². The van der Waals surface area contributed by atoms with Gasteiger partial charge in [-0.15, -0.1) is 32.9 Å². The smallest absolute Gasteiger partial charge is 0.258 e. The van der Waals surface area contributed by atoms with Gasteiger partial charge < -0.3 is 0 Å². The van der Waals surface area contributed by atoms with E-state index in [1.165, 1.54) is 33.2 Å². The normalized spacial score (nSPS) is 16.1. The molecule has 0 aliphatic carbocycles. The first kappa shape index (κ1) is 20.6. The Kier molecular flexibility index (Phi) is 5.60. The van der Waals surface area contributed by atoms with Gasteiger partial charge >= 0.3 is 0 Å². The molecule has 0 saturated carbocycles. The van der Waals surface area contributed by atoms with Gasteiger partial charge in [0.1, 0.15) is 0 Å². The van der Waals surface area contributed by atoms with Gasteiger partial charge in [0.25, 0.3) is 5.69 Å². The van der Waals surface area contributed by atoms with E-state index in [-0.39, 0.29) is 11.7 Å². The van der Waals surface area contributed by atoms with E-state index in [9.17, 15) is 10.1 Å². The number of aromatic nitrogens is 1. The molecule has 1 aliphatic rings. The maximum atomic E-state index is 10.8. The third-order valence-electron chi connectivity index (χ3n) is 4.86. The number of azo groups is 1. The molecule has 4 heterocycles. The van der Waals surface area contributed by atoms with E-state index in [0.717, 1.165) is 23.0 Å². The van der Waals surface area contributed by atoms with Crippen LogP contribution in [0.3, 0.4) is 0 Å². The molecule has 3 aromatic heterocycles. The van der Waals surface area contributed by atoms with Crippen molar-refractivity contribution in [1.29, 1.82) is 0 Å². The number of hydrogen-bond acceptors (Lipinski definition) is 10. The zero-order valence-electron chi connectivity index (χ0n) is 16.8. The van der Waals surface area contributed by atoms with Crippen LogP contribution in [0.2, 0.25) is 0 Å². The van der Waals surface area contributed by atoms with Crippen molar-refractivity contribution in [1.82, 2.24) is 4.98 Å². The van der Waals surface area contributed by atoms with E-state index in [2.05, 4.69) is 39.2 Å². The number of nitro benzene ring substituents is 1. The summed E-state index contributed by atoms with van der Waals surface area (Å²) in [6, 6.07) is 14.4. The third kappa shape index (κ3) is 4.09. The molecule has 0 N–H and O–H groups in total. The summed E-state index contributed by atoms with van der Waals surface area (Å²) in [5, 5.41) is 31.9. The van der Waals surface area contributed by atoms with Crippen LogP contribution in [-0.2, 0) is 0 Å². The second-order valence-corrected chi connectivity index (χ2v) is 9.85. The fraction of sp³-hybridized carbons (Fsp3) is 0.143. The van der Waals surface area contributed by atoms with Crippen molar-refractivity contribution in [3.63, 3.8) is 0 Å². The van der Waals surface area contributed by atoms with E-state index >= 15 is 0 Å². The number of benzene rings is 1. The Morgan fingerprint density at radius 2 is 1.88 bits per heavy atom. The molecule has 0 spiro atoms. The Labute approximate surface area is 195 Å². The summed E-state index contributed by atoms with van der Waals surface area (Å²) in [5.41, 5.74) is 2.38. The second-order valence-electron chi connectivity index (χ2n) is 6.96. The highest BCUT2D eigenvalue weighted by atomic mass is 32.1. The molecular formula is C21H16N6O2S3. The first-order valence-electron chi connectivity index (χ1n) is 9.66. The molecule has 160 valence electrons. The molecule has 0 bridgehead atoms. The van der Waals surface area contributed by atoms with E-state index in [4.69, 9.17) is 10.1 Å².